The van der Waals surface area contributed by atoms with Crippen molar-refractivity contribution in [3.8, 4) is 0 Å². The highest BCUT2D eigenvalue weighted by Crippen LogP contribution is 2.61. The highest BCUT2D eigenvalue weighted by molar-refractivity contribution is 5.97. The van der Waals surface area contributed by atoms with Gasteiger partial charge < -0.3 is 4.43 Å². The summed E-state index contributed by atoms with van der Waals surface area (Å²) >= 11 is 0. The minimum Gasteiger partial charge on any atom is -0.425 e. The Balaban J connectivity index is 6.47. The molecule has 0 aromatic carbocycles. The van der Waals surface area contributed by atoms with Gasteiger partial charge in [0.15, 0.2) is 12.3 Å². The maximum absolute atomic E-state index is 13.4. The first kappa shape index (κ1) is 29.0. The van der Waals surface area contributed by atoms with Gasteiger partial charge in [0.1, 0.15) is 10.5 Å². The molecule has 1 nitrogen and oxygen atoms in total. The third-order valence-corrected chi connectivity index (χ3v) is 3.93. The summed E-state index contributed by atoms with van der Waals surface area (Å²) in [4.78, 5) is 0. The van der Waals surface area contributed by atoms with Crippen LogP contribution in [-0.4, -0.2) is 77.6 Å². The Bertz CT molecular complexity index is 578. The monoisotopic (exact) mass is 508 g/mol. The van der Waals surface area contributed by atoms with E-state index < -0.39 is 77.6 Å². The second-order valence-electron chi connectivity index (χ2n) is 5.65. The van der Waals surface area contributed by atoms with E-state index >= 15 is 0 Å². The molecule has 0 bridgehead atoms. The summed E-state index contributed by atoms with van der Waals surface area (Å²) in [6.07, 6.45) is -20.1. The summed E-state index contributed by atoms with van der Waals surface area (Å²) in [6, 6.07) is 0. The Kier molecular flexibility index (Phi) is 8.21. The van der Waals surface area contributed by atoms with Crippen molar-refractivity contribution in [2.45, 2.75) is 60.5 Å². The Hall–Kier alpha value is -1.01. The molecular formula is C11H9F17OSi. The van der Waals surface area contributed by atoms with Gasteiger partial charge in [-0.1, -0.05) is 0 Å². The maximum Gasteiger partial charge on any atom is 0.384 e. The van der Waals surface area contributed by atoms with Crippen molar-refractivity contribution in [1.82, 2.24) is 0 Å². The van der Waals surface area contributed by atoms with Crippen LogP contribution in [0.4, 0.5) is 74.6 Å². The fourth-order valence-corrected chi connectivity index (χ4v) is 2.05. The summed E-state index contributed by atoms with van der Waals surface area (Å²) in [6.45, 7) is -2.13. The zero-order valence-corrected chi connectivity index (χ0v) is 15.9. The smallest absolute Gasteiger partial charge is 0.384 e. The molecule has 0 spiro atoms. The van der Waals surface area contributed by atoms with Crippen LogP contribution in [0.1, 0.15) is 0 Å². The summed E-state index contributed by atoms with van der Waals surface area (Å²) in [7, 11) is -0.693. The van der Waals surface area contributed by atoms with Gasteiger partial charge in [0.05, 0.1) is 6.61 Å². The first-order valence-electron chi connectivity index (χ1n) is 6.96. The lowest BCUT2D eigenvalue weighted by Gasteiger charge is -2.42. The van der Waals surface area contributed by atoms with Crippen LogP contribution in [0.5, 0.6) is 0 Å². The molecule has 0 N–H and O–H groups in total. The average Bonchev–Trinajstić information content (AvgIpc) is 2.59. The van der Waals surface area contributed by atoms with Crippen molar-refractivity contribution in [2.75, 3.05) is 6.61 Å². The van der Waals surface area contributed by atoms with Crippen LogP contribution in [0.25, 0.3) is 0 Å². The standard InChI is InChI=1S/C11H9F17OSi/c12-2(1-29-30)6(17,18)8(21,22)10(25,26)11(27,28)9(23,24)7(19,20)4(14)3(13)5(15)16/h2-5H,1H2,30H3. The van der Waals surface area contributed by atoms with Crippen LogP contribution in [0, 0.1) is 0 Å². The summed E-state index contributed by atoms with van der Waals surface area (Å²) in [5, 5.41) is 0. The quantitative estimate of drug-likeness (QED) is 0.298. The molecule has 0 fully saturated rings. The van der Waals surface area contributed by atoms with E-state index in [1.807, 2.05) is 0 Å². The van der Waals surface area contributed by atoms with E-state index in [1.54, 1.807) is 0 Å². The Morgan fingerprint density at radius 2 is 0.900 bits per heavy atom. The Morgan fingerprint density at radius 3 is 1.20 bits per heavy atom. The molecule has 30 heavy (non-hydrogen) atoms. The van der Waals surface area contributed by atoms with Crippen molar-refractivity contribution in [3.63, 3.8) is 0 Å². The fourth-order valence-electron chi connectivity index (χ4n) is 1.76. The van der Waals surface area contributed by atoms with Crippen molar-refractivity contribution < 1.29 is 79.1 Å². The summed E-state index contributed by atoms with van der Waals surface area (Å²) in [5.74, 6) is -47.1. The SMILES string of the molecule is FC(F)C(F)C(F)C(F)(F)C(F)(F)C(F)(F)C(F)(F)C(F)(F)C(F)(F)C(F)CO[SiH3]. The van der Waals surface area contributed by atoms with E-state index in [9.17, 15) is 74.6 Å². The number of halogens is 17. The first-order valence-corrected chi connectivity index (χ1v) is 7.77. The number of hydrogen-bond acceptors (Lipinski definition) is 1. The lowest BCUT2D eigenvalue weighted by atomic mass is 9.88. The van der Waals surface area contributed by atoms with Gasteiger partial charge in [0, 0.05) is 0 Å². The van der Waals surface area contributed by atoms with Crippen LogP contribution in [0.2, 0.25) is 0 Å². The molecule has 0 aliphatic rings. The van der Waals surface area contributed by atoms with Crippen molar-refractivity contribution in [1.29, 1.82) is 0 Å². The van der Waals surface area contributed by atoms with Gasteiger partial charge in [0.25, 0.3) is 6.43 Å². The number of rotatable bonds is 11. The summed E-state index contributed by atoms with van der Waals surface area (Å²) in [5.41, 5.74) is 0. The van der Waals surface area contributed by atoms with Gasteiger partial charge in [-0.3, -0.25) is 0 Å². The highest BCUT2D eigenvalue weighted by atomic mass is 28.2. The van der Waals surface area contributed by atoms with Gasteiger partial charge in [0.2, 0.25) is 6.17 Å². The molecule has 0 aliphatic heterocycles. The molecule has 182 valence electrons. The van der Waals surface area contributed by atoms with E-state index in [2.05, 4.69) is 4.43 Å². The van der Waals surface area contributed by atoms with Gasteiger partial charge >= 0.3 is 35.5 Å². The molecule has 19 heteroatoms. The molecular weight excluding hydrogens is 499 g/mol. The third kappa shape index (κ3) is 4.06. The second kappa shape index (κ2) is 8.49. The number of hydrogen-bond donors (Lipinski definition) is 0. The lowest BCUT2D eigenvalue weighted by molar-refractivity contribution is -0.434. The highest BCUT2D eigenvalue weighted by Gasteiger charge is 2.91. The van der Waals surface area contributed by atoms with Crippen molar-refractivity contribution in [2.24, 2.45) is 0 Å². The minimum atomic E-state index is -8.34. The molecule has 0 aromatic heterocycles. The predicted octanol–water partition coefficient (Wildman–Crippen LogP) is 4.37. The Labute approximate surface area is 158 Å². The van der Waals surface area contributed by atoms with Crippen molar-refractivity contribution in [3.05, 3.63) is 0 Å². The topological polar surface area (TPSA) is 9.23 Å². The molecule has 0 amide bonds. The van der Waals surface area contributed by atoms with E-state index in [-0.39, 0.29) is 0 Å². The largest absolute Gasteiger partial charge is 0.425 e. The van der Waals surface area contributed by atoms with Crippen LogP contribution in [0.15, 0.2) is 0 Å². The van der Waals surface area contributed by atoms with Gasteiger partial charge in [-0.2, -0.15) is 52.7 Å². The molecule has 0 saturated carbocycles. The molecule has 0 saturated heterocycles. The fraction of sp³-hybridized carbons (Fsp3) is 1.00. The van der Waals surface area contributed by atoms with Crippen LogP contribution < -0.4 is 0 Å². The first-order chi connectivity index (χ1) is 13.0. The summed E-state index contributed by atoms with van der Waals surface area (Å²) < 4.78 is 225. The van der Waals surface area contributed by atoms with Gasteiger partial charge in [-0.05, 0) is 0 Å². The maximum atomic E-state index is 13.4. The van der Waals surface area contributed by atoms with Crippen LogP contribution in [0.3, 0.4) is 0 Å². The molecule has 0 aromatic rings. The van der Waals surface area contributed by atoms with Gasteiger partial charge in [-0.25, -0.2) is 22.0 Å². The van der Waals surface area contributed by atoms with Crippen LogP contribution >= 0.6 is 0 Å². The average molecular weight is 508 g/mol. The van der Waals surface area contributed by atoms with Crippen molar-refractivity contribution >= 4 is 10.5 Å². The van der Waals surface area contributed by atoms with E-state index in [4.69, 9.17) is 0 Å². The zero-order valence-electron chi connectivity index (χ0n) is 13.9. The lowest BCUT2D eigenvalue weighted by Crippen LogP contribution is -2.73. The predicted molar refractivity (Wildman–Crippen MR) is 66.3 cm³/mol. The second-order valence-corrected chi connectivity index (χ2v) is 6.22. The third-order valence-electron chi connectivity index (χ3n) is 3.59. The zero-order chi connectivity index (χ0) is 24.7. The van der Waals surface area contributed by atoms with Gasteiger partial charge in [-0.15, -0.1) is 0 Å². The molecule has 0 radical (unpaired) electrons. The normalized spacial score (nSPS) is 18.6. The minimum absolute atomic E-state index is 0.693. The Morgan fingerprint density at radius 1 is 0.567 bits per heavy atom. The van der Waals surface area contributed by atoms with E-state index in [0.29, 0.717) is 0 Å². The number of alkyl halides is 17. The molecule has 0 rings (SSSR count). The van der Waals surface area contributed by atoms with Crippen LogP contribution in [-0.2, 0) is 4.43 Å². The van der Waals surface area contributed by atoms with E-state index in [0.717, 1.165) is 0 Å². The molecule has 0 aliphatic carbocycles. The molecule has 0 heterocycles. The molecule has 3 atom stereocenters. The molecule has 3 unspecified atom stereocenters. The van der Waals surface area contributed by atoms with E-state index in [1.165, 1.54) is 0 Å².